The van der Waals surface area contributed by atoms with E-state index in [4.69, 9.17) is 4.74 Å². The second kappa shape index (κ2) is 7.13. The number of rotatable bonds is 3. The number of amides is 1. The number of ether oxygens (including phenoxy) is 2. The van der Waals surface area contributed by atoms with Crippen molar-refractivity contribution in [2.75, 3.05) is 6.54 Å². The zero-order valence-corrected chi connectivity index (χ0v) is 16.6. The van der Waals surface area contributed by atoms with Crippen molar-refractivity contribution in [3.63, 3.8) is 0 Å². The number of carbonyl (C=O) groups excluding carboxylic acids is 1. The molecule has 2 heterocycles. The maximum absolute atomic E-state index is 12.8. The quantitative estimate of drug-likeness (QED) is 0.718. The van der Waals surface area contributed by atoms with Gasteiger partial charge >= 0.3 is 12.3 Å². The Morgan fingerprint density at radius 2 is 2.00 bits per heavy atom. The molecule has 28 heavy (non-hydrogen) atoms. The van der Waals surface area contributed by atoms with Gasteiger partial charge in [0.25, 0.3) is 0 Å². The highest BCUT2D eigenvalue weighted by molar-refractivity contribution is 9.10. The zero-order chi connectivity index (χ0) is 20.1. The smallest absolute Gasteiger partial charge is 0.427 e. The third kappa shape index (κ3) is 3.78. The Morgan fingerprint density at radius 1 is 1.29 bits per heavy atom. The van der Waals surface area contributed by atoms with E-state index < -0.39 is 24.9 Å². The van der Waals surface area contributed by atoms with Gasteiger partial charge in [0.1, 0.15) is 17.1 Å². The number of aromatic amines is 1. The number of imidazole rings is 1. The molecule has 2 aliphatic rings. The summed E-state index contributed by atoms with van der Waals surface area (Å²) in [5.41, 5.74) is 1.70. The normalized spacial score (nSPS) is 26.0. The summed E-state index contributed by atoms with van der Waals surface area (Å²) in [7, 11) is 0. The van der Waals surface area contributed by atoms with E-state index in [2.05, 4.69) is 30.6 Å². The number of aromatic nitrogens is 2. The lowest BCUT2D eigenvalue weighted by molar-refractivity contribution is -0.192. The number of nitrogens with zero attached hydrogens (tertiary/aromatic N) is 2. The molecule has 1 N–H and O–H groups in total. The number of fused-ring (bicyclic) bond motifs is 1. The molecule has 2 fully saturated rings. The van der Waals surface area contributed by atoms with Crippen LogP contribution in [0.25, 0.3) is 11.0 Å². The number of cyclic esters (lactones) is 1. The summed E-state index contributed by atoms with van der Waals surface area (Å²) < 4.78 is 49.8. The van der Waals surface area contributed by atoms with Crippen LogP contribution in [0.3, 0.4) is 0 Å². The van der Waals surface area contributed by atoms with E-state index in [-0.39, 0.29) is 12.1 Å². The van der Waals surface area contributed by atoms with Crippen LogP contribution in [0, 0.1) is 6.92 Å². The molecule has 152 valence electrons. The molecule has 1 atom stereocenters. The van der Waals surface area contributed by atoms with Crippen molar-refractivity contribution in [3.05, 3.63) is 22.4 Å². The van der Waals surface area contributed by atoms with Crippen LogP contribution in [0.5, 0.6) is 5.75 Å². The minimum Gasteiger partial charge on any atom is -0.490 e. The van der Waals surface area contributed by atoms with Gasteiger partial charge in [0.15, 0.2) is 0 Å². The van der Waals surface area contributed by atoms with Gasteiger partial charge in [-0.2, -0.15) is 13.2 Å². The summed E-state index contributed by atoms with van der Waals surface area (Å²) in [5, 5.41) is 0. The lowest BCUT2D eigenvalue weighted by Gasteiger charge is -2.33. The summed E-state index contributed by atoms with van der Waals surface area (Å²) in [4.78, 5) is 20.6. The molecular weight excluding hydrogens is 443 g/mol. The lowest BCUT2D eigenvalue weighted by atomic mass is 9.92. The highest BCUT2D eigenvalue weighted by Crippen LogP contribution is 2.35. The molecule has 1 aliphatic carbocycles. The van der Waals surface area contributed by atoms with Crippen molar-refractivity contribution in [3.8, 4) is 5.75 Å². The zero-order valence-electron chi connectivity index (χ0n) is 15.1. The number of halogens is 4. The third-order valence-electron chi connectivity index (χ3n) is 5.22. The molecule has 4 rings (SSSR count). The molecule has 0 bridgehead atoms. The minimum absolute atomic E-state index is 0.0540. The Hall–Kier alpha value is -1.97. The van der Waals surface area contributed by atoms with E-state index >= 15 is 0 Å². The Kier molecular flexibility index (Phi) is 4.93. The number of aryl methyl sites for hydroxylation is 1. The molecule has 0 unspecified atom stereocenters. The van der Waals surface area contributed by atoms with Gasteiger partial charge in [0, 0.05) is 16.6 Å². The van der Waals surface area contributed by atoms with E-state index in [1.165, 1.54) is 4.90 Å². The Balaban J connectivity index is 1.36. The molecule has 1 aliphatic heterocycles. The summed E-state index contributed by atoms with van der Waals surface area (Å²) in [6, 6.07) is 3.50. The third-order valence-corrected chi connectivity index (χ3v) is 5.83. The number of hydrogen-bond acceptors (Lipinski definition) is 4. The molecule has 1 saturated carbocycles. The van der Waals surface area contributed by atoms with Gasteiger partial charge in [-0.3, -0.25) is 0 Å². The number of benzene rings is 1. The summed E-state index contributed by atoms with van der Waals surface area (Å²) in [5.74, 6) is 1.51. The summed E-state index contributed by atoms with van der Waals surface area (Å²) in [6.07, 6.45) is -5.02. The van der Waals surface area contributed by atoms with Crippen molar-refractivity contribution >= 4 is 33.1 Å². The molecule has 1 saturated heterocycles. The van der Waals surface area contributed by atoms with Crippen LogP contribution >= 0.6 is 15.9 Å². The van der Waals surface area contributed by atoms with Crippen molar-refractivity contribution < 1.29 is 27.4 Å². The Labute approximate surface area is 167 Å². The maximum Gasteiger partial charge on any atom is 0.427 e. The van der Waals surface area contributed by atoms with Crippen LogP contribution < -0.4 is 4.74 Å². The van der Waals surface area contributed by atoms with Crippen LogP contribution in [0.4, 0.5) is 18.0 Å². The molecule has 0 spiro atoms. The topological polar surface area (TPSA) is 67.5 Å². The fourth-order valence-electron chi connectivity index (χ4n) is 3.86. The molecule has 1 aromatic carbocycles. The molecule has 6 nitrogen and oxygen atoms in total. The highest BCUT2D eigenvalue weighted by Gasteiger charge is 2.51. The van der Waals surface area contributed by atoms with Crippen LogP contribution in [0.1, 0.15) is 31.5 Å². The average Bonchev–Trinajstić information content (AvgIpc) is 3.18. The first-order chi connectivity index (χ1) is 13.2. The van der Waals surface area contributed by atoms with Gasteiger partial charge in [-0.15, -0.1) is 0 Å². The molecule has 2 aromatic rings. The lowest BCUT2D eigenvalue weighted by Crippen LogP contribution is -2.42. The SMILES string of the molecule is Cc1nc2c(Br)cc(O[C@H]3CC[C@@H](N4C[C@@H](C(F)(F)F)OC4=O)CC3)cc2[nH]1. The number of alkyl halides is 3. The van der Waals surface area contributed by atoms with Crippen LogP contribution in [-0.2, 0) is 4.74 Å². The molecule has 0 radical (unpaired) electrons. The first-order valence-electron chi connectivity index (χ1n) is 9.07. The second-order valence-electron chi connectivity index (χ2n) is 7.24. The molecule has 1 aromatic heterocycles. The molecule has 10 heteroatoms. The fraction of sp³-hybridized carbons (Fsp3) is 0.556. The fourth-order valence-corrected chi connectivity index (χ4v) is 4.39. The van der Waals surface area contributed by atoms with Gasteiger partial charge in [-0.25, -0.2) is 9.78 Å². The standard InChI is InChI=1S/C18H19BrF3N3O3/c1-9-23-14-7-12(6-13(19)16(14)24-9)27-11-4-2-10(3-5-11)25-8-15(18(20,21)22)28-17(25)26/h6-7,10-11,15H,2-5,8H2,1H3,(H,23,24)/t10-,11+,15-/m0/s1. The summed E-state index contributed by atoms with van der Waals surface area (Å²) >= 11 is 3.50. The van der Waals surface area contributed by atoms with Crippen molar-refractivity contribution in [2.24, 2.45) is 0 Å². The summed E-state index contributed by atoms with van der Waals surface area (Å²) in [6.45, 7) is 1.45. The predicted octanol–water partition coefficient (Wildman–Crippen LogP) is 4.71. The number of H-pyrrole nitrogens is 1. The second-order valence-corrected chi connectivity index (χ2v) is 8.09. The highest BCUT2D eigenvalue weighted by atomic mass is 79.9. The van der Waals surface area contributed by atoms with Gasteiger partial charge < -0.3 is 19.4 Å². The van der Waals surface area contributed by atoms with Gasteiger partial charge in [-0.05, 0) is 54.6 Å². The maximum atomic E-state index is 12.8. The number of carbonyl (C=O) groups is 1. The van der Waals surface area contributed by atoms with Gasteiger partial charge in [0.05, 0.1) is 18.2 Å². The van der Waals surface area contributed by atoms with E-state index in [0.717, 1.165) is 21.3 Å². The molecular formula is C18H19BrF3N3O3. The van der Waals surface area contributed by atoms with Gasteiger partial charge in [-0.1, -0.05) is 0 Å². The average molecular weight is 462 g/mol. The Morgan fingerprint density at radius 3 is 2.64 bits per heavy atom. The van der Waals surface area contributed by atoms with Crippen molar-refractivity contribution in [1.29, 1.82) is 0 Å². The van der Waals surface area contributed by atoms with E-state index in [1.807, 2.05) is 19.1 Å². The van der Waals surface area contributed by atoms with E-state index in [9.17, 15) is 18.0 Å². The monoisotopic (exact) mass is 461 g/mol. The van der Waals surface area contributed by atoms with Crippen LogP contribution in [0.15, 0.2) is 16.6 Å². The predicted molar refractivity (Wildman–Crippen MR) is 98.2 cm³/mol. The largest absolute Gasteiger partial charge is 0.490 e. The Bertz CT molecular complexity index is 893. The number of nitrogens with one attached hydrogen (secondary N) is 1. The van der Waals surface area contributed by atoms with Gasteiger partial charge in [0.2, 0.25) is 6.10 Å². The van der Waals surface area contributed by atoms with Crippen LogP contribution in [0.2, 0.25) is 0 Å². The minimum atomic E-state index is -4.53. The molecule has 1 amide bonds. The van der Waals surface area contributed by atoms with Crippen molar-refractivity contribution in [1.82, 2.24) is 14.9 Å². The number of hydrogen-bond donors (Lipinski definition) is 1. The van der Waals surface area contributed by atoms with Crippen molar-refractivity contribution in [2.45, 2.75) is 57.0 Å². The first kappa shape index (κ1) is 19.4. The first-order valence-corrected chi connectivity index (χ1v) is 9.86. The van der Waals surface area contributed by atoms with E-state index in [1.54, 1.807) is 0 Å². The van der Waals surface area contributed by atoms with E-state index in [0.29, 0.717) is 31.4 Å². The van der Waals surface area contributed by atoms with Crippen LogP contribution in [-0.4, -0.2) is 51.9 Å².